The minimum absolute atomic E-state index is 0.115. The Labute approximate surface area is 167 Å². The van der Waals surface area contributed by atoms with Crippen LogP contribution in [0, 0.1) is 6.92 Å². The summed E-state index contributed by atoms with van der Waals surface area (Å²) in [4.78, 5) is 14.6. The van der Waals surface area contributed by atoms with Gasteiger partial charge in [0, 0.05) is 13.0 Å². The third kappa shape index (κ3) is 4.07. The van der Waals surface area contributed by atoms with E-state index in [1.54, 1.807) is 0 Å². The number of hydrogen-bond acceptors (Lipinski definition) is 1. The second kappa shape index (κ2) is 8.26. The molecule has 3 aromatic carbocycles. The Balaban J connectivity index is 1.70. The van der Waals surface area contributed by atoms with E-state index in [1.165, 1.54) is 27.8 Å². The highest BCUT2D eigenvalue weighted by molar-refractivity contribution is 5.83. The second-order valence-electron chi connectivity index (χ2n) is 7.43. The van der Waals surface area contributed by atoms with E-state index in [0.717, 1.165) is 6.42 Å². The van der Waals surface area contributed by atoms with E-state index in [9.17, 15) is 4.79 Å². The van der Waals surface area contributed by atoms with Gasteiger partial charge in [0.1, 0.15) is 0 Å². The zero-order valence-corrected chi connectivity index (χ0v) is 16.2. The lowest BCUT2D eigenvalue weighted by molar-refractivity contribution is -0.129. The lowest BCUT2D eigenvalue weighted by Gasteiger charge is -2.24. The Morgan fingerprint density at radius 1 is 0.893 bits per heavy atom. The topological polar surface area (TPSA) is 20.3 Å². The van der Waals surface area contributed by atoms with E-state index in [4.69, 9.17) is 0 Å². The highest BCUT2D eigenvalue weighted by Gasteiger charge is 2.30. The average Bonchev–Trinajstić information content (AvgIpc) is 3.08. The van der Waals surface area contributed by atoms with Crippen molar-refractivity contribution in [3.05, 3.63) is 113 Å². The molecule has 0 radical (unpaired) electrons. The Morgan fingerprint density at radius 3 is 2.18 bits per heavy atom. The van der Waals surface area contributed by atoms with Crippen LogP contribution in [-0.4, -0.2) is 16.8 Å². The summed E-state index contributed by atoms with van der Waals surface area (Å²) in [5.74, 6) is 0.237. The van der Waals surface area contributed by atoms with E-state index < -0.39 is 0 Å². The molecule has 0 saturated carbocycles. The molecule has 1 unspecified atom stereocenters. The van der Waals surface area contributed by atoms with Gasteiger partial charge in [-0.2, -0.15) is 0 Å². The lowest BCUT2D eigenvalue weighted by Crippen LogP contribution is -2.31. The van der Waals surface area contributed by atoms with Gasteiger partial charge in [-0.25, -0.2) is 0 Å². The van der Waals surface area contributed by atoms with Gasteiger partial charge in [-0.1, -0.05) is 96.6 Å². The summed E-state index contributed by atoms with van der Waals surface area (Å²) >= 11 is 0. The first kappa shape index (κ1) is 18.2. The first-order valence-corrected chi connectivity index (χ1v) is 9.88. The fraction of sp³-hybridized carbons (Fsp3) is 0.192. The molecule has 1 aliphatic rings. The molecule has 1 heterocycles. The highest BCUT2D eigenvalue weighted by atomic mass is 16.2. The van der Waals surface area contributed by atoms with E-state index in [0.29, 0.717) is 13.0 Å². The van der Waals surface area contributed by atoms with Crippen LogP contribution >= 0.6 is 0 Å². The molecule has 0 bridgehead atoms. The van der Waals surface area contributed by atoms with Crippen LogP contribution in [0.4, 0.5) is 0 Å². The zero-order valence-electron chi connectivity index (χ0n) is 16.2. The molecule has 1 atom stereocenters. The normalized spacial score (nSPS) is 17.2. The van der Waals surface area contributed by atoms with Crippen molar-refractivity contribution < 1.29 is 4.79 Å². The number of rotatable bonds is 5. The Morgan fingerprint density at radius 2 is 1.50 bits per heavy atom. The molecular formula is C26H25NO. The van der Waals surface area contributed by atoms with Gasteiger partial charge in [-0.15, -0.1) is 0 Å². The Kier molecular flexibility index (Phi) is 5.38. The minimum atomic E-state index is 0.115. The van der Waals surface area contributed by atoms with E-state index in [1.807, 2.05) is 29.2 Å². The Hall–Kier alpha value is -3.13. The fourth-order valence-electron chi connectivity index (χ4n) is 3.82. The van der Waals surface area contributed by atoms with Gasteiger partial charge in [0.15, 0.2) is 0 Å². The van der Waals surface area contributed by atoms with Crippen molar-refractivity contribution in [3.8, 4) is 0 Å². The van der Waals surface area contributed by atoms with Gasteiger partial charge >= 0.3 is 0 Å². The van der Waals surface area contributed by atoms with Crippen LogP contribution in [0.5, 0.6) is 0 Å². The molecule has 4 rings (SSSR count). The standard InChI is InChI=1S/C26H25NO/c1-20-12-14-23(15-13-20)25(22-10-6-3-7-11-22)18-24-16-17-26(28)27(24)19-21-8-4-2-5-9-21/h2-15,18,24H,16-17,19H2,1H3/b25-18+. The molecule has 1 aliphatic heterocycles. The molecule has 3 aromatic rings. The van der Waals surface area contributed by atoms with Crippen molar-refractivity contribution in [2.24, 2.45) is 0 Å². The number of aryl methyl sites for hydroxylation is 1. The Bertz CT molecular complexity index is 958. The zero-order chi connectivity index (χ0) is 19.3. The summed E-state index contributed by atoms with van der Waals surface area (Å²) in [7, 11) is 0. The molecule has 0 spiro atoms. The molecule has 0 aromatic heterocycles. The highest BCUT2D eigenvalue weighted by Crippen LogP contribution is 2.29. The molecular weight excluding hydrogens is 342 g/mol. The van der Waals surface area contributed by atoms with Crippen LogP contribution in [0.2, 0.25) is 0 Å². The largest absolute Gasteiger partial charge is 0.332 e. The van der Waals surface area contributed by atoms with Crippen LogP contribution in [0.25, 0.3) is 5.57 Å². The number of carbonyl (C=O) groups is 1. The summed E-state index contributed by atoms with van der Waals surface area (Å²) in [6, 6.07) is 29.5. The van der Waals surface area contributed by atoms with Crippen molar-refractivity contribution in [2.45, 2.75) is 32.4 Å². The summed E-state index contributed by atoms with van der Waals surface area (Å²) < 4.78 is 0. The molecule has 1 amide bonds. The first-order chi connectivity index (χ1) is 13.7. The second-order valence-corrected chi connectivity index (χ2v) is 7.43. The van der Waals surface area contributed by atoms with Crippen molar-refractivity contribution in [3.63, 3.8) is 0 Å². The number of benzene rings is 3. The van der Waals surface area contributed by atoms with E-state index >= 15 is 0 Å². The van der Waals surface area contributed by atoms with Gasteiger partial charge in [0.25, 0.3) is 0 Å². The quantitative estimate of drug-likeness (QED) is 0.573. The van der Waals surface area contributed by atoms with Gasteiger partial charge in [0.05, 0.1) is 6.04 Å². The number of amides is 1. The smallest absolute Gasteiger partial charge is 0.223 e. The van der Waals surface area contributed by atoms with Gasteiger partial charge < -0.3 is 4.90 Å². The van der Waals surface area contributed by atoms with Crippen LogP contribution in [0.3, 0.4) is 0 Å². The third-order valence-electron chi connectivity index (χ3n) is 5.38. The van der Waals surface area contributed by atoms with Crippen molar-refractivity contribution >= 4 is 11.5 Å². The average molecular weight is 367 g/mol. The van der Waals surface area contributed by atoms with Crippen LogP contribution in [0.15, 0.2) is 91.0 Å². The summed E-state index contributed by atoms with van der Waals surface area (Å²) in [5.41, 5.74) is 5.99. The van der Waals surface area contributed by atoms with E-state index in [-0.39, 0.29) is 11.9 Å². The molecule has 1 fully saturated rings. The number of carbonyl (C=O) groups excluding carboxylic acids is 1. The van der Waals surface area contributed by atoms with E-state index in [2.05, 4.69) is 73.7 Å². The number of likely N-dealkylation sites (tertiary alicyclic amines) is 1. The molecule has 28 heavy (non-hydrogen) atoms. The number of nitrogens with zero attached hydrogens (tertiary/aromatic N) is 1. The van der Waals surface area contributed by atoms with Crippen LogP contribution in [-0.2, 0) is 11.3 Å². The van der Waals surface area contributed by atoms with Crippen LogP contribution < -0.4 is 0 Å². The molecule has 2 nitrogen and oxygen atoms in total. The monoisotopic (exact) mass is 367 g/mol. The van der Waals surface area contributed by atoms with Crippen molar-refractivity contribution in [1.29, 1.82) is 0 Å². The van der Waals surface area contributed by atoms with Crippen molar-refractivity contribution in [2.75, 3.05) is 0 Å². The third-order valence-corrected chi connectivity index (χ3v) is 5.38. The SMILES string of the molecule is Cc1ccc(/C(=C/C2CCC(=O)N2Cc2ccccc2)c2ccccc2)cc1. The molecule has 0 N–H and O–H groups in total. The predicted molar refractivity (Wildman–Crippen MR) is 115 cm³/mol. The molecule has 140 valence electrons. The maximum atomic E-state index is 12.6. The van der Waals surface area contributed by atoms with Crippen molar-refractivity contribution in [1.82, 2.24) is 4.90 Å². The minimum Gasteiger partial charge on any atom is -0.332 e. The van der Waals surface area contributed by atoms with Gasteiger partial charge in [-0.05, 0) is 35.6 Å². The number of hydrogen-bond donors (Lipinski definition) is 0. The molecule has 2 heteroatoms. The van der Waals surface area contributed by atoms with Gasteiger partial charge in [-0.3, -0.25) is 4.79 Å². The van der Waals surface area contributed by atoms with Crippen LogP contribution in [0.1, 0.15) is 35.1 Å². The fourth-order valence-corrected chi connectivity index (χ4v) is 3.82. The van der Waals surface area contributed by atoms with Gasteiger partial charge in [0.2, 0.25) is 5.91 Å². The molecule has 1 saturated heterocycles. The predicted octanol–water partition coefficient (Wildman–Crippen LogP) is 5.62. The molecule has 0 aliphatic carbocycles. The summed E-state index contributed by atoms with van der Waals surface area (Å²) in [5, 5.41) is 0. The summed E-state index contributed by atoms with van der Waals surface area (Å²) in [6.07, 6.45) is 3.77. The maximum absolute atomic E-state index is 12.6. The lowest BCUT2D eigenvalue weighted by atomic mass is 9.94. The first-order valence-electron chi connectivity index (χ1n) is 9.88. The summed E-state index contributed by atoms with van der Waals surface area (Å²) in [6.45, 7) is 2.77. The maximum Gasteiger partial charge on any atom is 0.223 e.